The second-order valence-corrected chi connectivity index (χ2v) is 7.54. The molecular weight excluding hydrogens is 340 g/mol. The van der Waals surface area contributed by atoms with Gasteiger partial charge in [-0.3, -0.25) is 0 Å². The maximum Gasteiger partial charge on any atom is 0.191 e. The number of hydrogen-bond acceptors (Lipinski definition) is 8. The highest BCUT2D eigenvalue weighted by molar-refractivity contribution is 7.98. The highest BCUT2D eigenvalue weighted by Crippen LogP contribution is 2.31. The number of nitrogen functional groups attached to an aromatic ring is 1. The van der Waals surface area contributed by atoms with Gasteiger partial charge in [0.05, 0.1) is 0 Å². The van der Waals surface area contributed by atoms with Crippen molar-refractivity contribution in [1.82, 2.24) is 19.9 Å². The zero-order valence-electron chi connectivity index (χ0n) is 13.7. The lowest BCUT2D eigenvalue weighted by molar-refractivity contribution is 0.425. The summed E-state index contributed by atoms with van der Waals surface area (Å²) in [6.45, 7) is 1.73. The molecule has 2 heterocycles. The molecule has 0 spiro atoms. The van der Waals surface area contributed by atoms with Gasteiger partial charge in [-0.2, -0.15) is 0 Å². The molecule has 6 nitrogen and oxygen atoms in total. The lowest BCUT2D eigenvalue weighted by Crippen LogP contribution is -2.21. The Kier molecular flexibility index (Phi) is 5.49. The van der Waals surface area contributed by atoms with Crippen LogP contribution in [0.25, 0.3) is 10.3 Å². The molecule has 0 amide bonds. The molecule has 0 saturated heterocycles. The number of rotatable bonds is 7. The van der Waals surface area contributed by atoms with Crippen molar-refractivity contribution in [1.29, 1.82) is 0 Å². The lowest BCUT2D eigenvalue weighted by atomic mass is 10.2. The number of benzene rings is 1. The number of thiazole rings is 1. The molecule has 0 radical (unpaired) electrons. The van der Waals surface area contributed by atoms with E-state index in [1.54, 1.807) is 11.8 Å². The molecule has 0 unspecified atom stereocenters. The fourth-order valence-electron chi connectivity index (χ4n) is 2.12. The minimum atomic E-state index is 0.514. The molecule has 0 aliphatic heterocycles. The Bertz CT molecular complexity index is 803. The van der Waals surface area contributed by atoms with Crippen LogP contribution in [0.2, 0.25) is 0 Å². The zero-order valence-corrected chi connectivity index (χ0v) is 15.3. The van der Waals surface area contributed by atoms with Gasteiger partial charge in [-0.05, 0) is 19.7 Å². The molecular formula is C16H20N6S2. The lowest BCUT2D eigenvalue weighted by Gasteiger charge is -2.11. The average Bonchev–Trinajstić information content (AvgIpc) is 2.94. The Morgan fingerprint density at radius 1 is 1.17 bits per heavy atom. The summed E-state index contributed by atoms with van der Waals surface area (Å²) >= 11 is 3.02. The van der Waals surface area contributed by atoms with Crippen LogP contribution in [0.3, 0.4) is 0 Å². The zero-order chi connectivity index (χ0) is 16.9. The van der Waals surface area contributed by atoms with E-state index in [4.69, 9.17) is 5.73 Å². The van der Waals surface area contributed by atoms with Crippen molar-refractivity contribution in [3.8, 4) is 0 Å². The van der Waals surface area contributed by atoms with Crippen molar-refractivity contribution >= 4 is 44.4 Å². The van der Waals surface area contributed by atoms with Gasteiger partial charge in [0.15, 0.2) is 21.8 Å². The topological polar surface area (TPSA) is 80.0 Å². The fourth-order valence-corrected chi connectivity index (χ4v) is 3.66. The fraction of sp³-hybridized carbons (Fsp3) is 0.312. The third kappa shape index (κ3) is 4.34. The standard InChI is InChI=1S/C16H20N6S2/c1-22(2)9-8-18-13-12-14(19-15(17)24-12)21-16(20-13)23-10-11-6-4-3-5-7-11/h3-7H,8-10H2,1-2H3,(H3,17,18,19,20,21). The number of fused-ring (bicyclic) bond motifs is 1. The number of nitrogens with one attached hydrogen (secondary N) is 1. The summed E-state index contributed by atoms with van der Waals surface area (Å²) < 4.78 is 0.912. The molecule has 3 aromatic rings. The van der Waals surface area contributed by atoms with Gasteiger partial charge in [0.1, 0.15) is 4.70 Å². The molecule has 0 aliphatic carbocycles. The monoisotopic (exact) mass is 360 g/mol. The molecule has 24 heavy (non-hydrogen) atoms. The minimum absolute atomic E-state index is 0.514. The molecule has 0 aliphatic rings. The second kappa shape index (κ2) is 7.78. The van der Waals surface area contributed by atoms with E-state index >= 15 is 0 Å². The van der Waals surface area contributed by atoms with Crippen molar-refractivity contribution in [3.05, 3.63) is 35.9 Å². The van der Waals surface area contributed by atoms with Crippen LogP contribution in [0.4, 0.5) is 10.9 Å². The van der Waals surface area contributed by atoms with Crippen molar-refractivity contribution in [3.63, 3.8) is 0 Å². The number of nitrogens with zero attached hydrogens (tertiary/aromatic N) is 4. The first-order chi connectivity index (χ1) is 11.6. The van der Waals surface area contributed by atoms with E-state index in [1.807, 2.05) is 32.3 Å². The van der Waals surface area contributed by atoms with Crippen LogP contribution in [0.15, 0.2) is 35.5 Å². The van der Waals surface area contributed by atoms with Crippen molar-refractivity contribution in [2.24, 2.45) is 0 Å². The van der Waals surface area contributed by atoms with E-state index in [-0.39, 0.29) is 0 Å². The highest BCUT2D eigenvalue weighted by atomic mass is 32.2. The minimum Gasteiger partial charge on any atom is -0.375 e. The Hall–Kier alpha value is -1.90. The van der Waals surface area contributed by atoms with E-state index in [0.717, 1.165) is 29.4 Å². The number of nitrogens with two attached hydrogens (primary N) is 1. The third-order valence-corrected chi connectivity index (χ3v) is 5.11. The Labute approximate surface area is 149 Å². The summed E-state index contributed by atoms with van der Waals surface area (Å²) in [7, 11) is 4.09. The van der Waals surface area contributed by atoms with Crippen LogP contribution < -0.4 is 11.1 Å². The summed E-state index contributed by atoms with van der Waals surface area (Å²) in [6, 6.07) is 10.3. The van der Waals surface area contributed by atoms with Gasteiger partial charge < -0.3 is 16.0 Å². The number of likely N-dealkylation sites (N-methyl/N-ethyl adjacent to an activating group) is 1. The summed E-state index contributed by atoms with van der Waals surface area (Å²) in [5.74, 6) is 1.63. The van der Waals surface area contributed by atoms with Crippen LogP contribution in [0, 0.1) is 0 Å². The van der Waals surface area contributed by atoms with Crippen LogP contribution in [0.5, 0.6) is 0 Å². The van der Waals surface area contributed by atoms with Crippen molar-refractivity contribution < 1.29 is 0 Å². The van der Waals surface area contributed by atoms with Crippen LogP contribution in [-0.2, 0) is 5.75 Å². The molecule has 3 N–H and O–H groups in total. The Morgan fingerprint density at radius 3 is 2.71 bits per heavy atom. The molecule has 8 heteroatoms. The first-order valence-corrected chi connectivity index (χ1v) is 9.41. The van der Waals surface area contributed by atoms with Gasteiger partial charge in [0.2, 0.25) is 0 Å². The van der Waals surface area contributed by atoms with Crippen LogP contribution in [-0.4, -0.2) is 47.0 Å². The molecule has 0 fully saturated rings. The van der Waals surface area contributed by atoms with Gasteiger partial charge in [-0.15, -0.1) is 0 Å². The van der Waals surface area contributed by atoms with Gasteiger partial charge in [-0.1, -0.05) is 53.4 Å². The quantitative estimate of drug-likeness (QED) is 0.495. The predicted molar refractivity (Wildman–Crippen MR) is 103 cm³/mol. The number of anilines is 2. The van der Waals surface area contributed by atoms with Gasteiger partial charge in [0.25, 0.3) is 0 Å². The molecule has 2 aromatic heterocycles. The smallest absolute Gasteiger partial charge is 0.191 e. The number of thioether (sulfide) groups is 1. The summed E-state index contributed by atoms with van der Waals surface area (Å²) in [6.07, 6.45) is 0. The highest BCUT2D eigenvalue weighted by Gasteiger charge is 2.13. The Morgan fingerprint density at radius 2 is 1.96 bits per heavy atom. The van der Waals surface area contributed by atoms with E-state index < -0.39 is 0 Å². The normalized spacial score (nSPS) is 11.3. The first kappa shape index (κ1) is 16.9. The van der Waals surface area contributed by atoms with Crippen LogP contribution >= 0.6 is 23.1 Å². The summed E-state index contributed by atoms with van der Waals surface area (Å²) in [4.78, 5) is 15.6. The largest absolute Gasteiger partial charge is 0.375 e. The Balaban J connectivity index is 1.80. The molecule has 0 bridgehead atoms. The van der Waals surface area contributed by atoms with Gasteiger partial charge in [0, 0.05) is 18.8 Å². The van der Waals surface area contributed by atoms with Crippen LogP contribution in [0.1, 0.15) is 5.56 Å². The van der Waals surface area contributed by atoms with Gasteiger partial charge in [-0.25, -0.2) is 15.0 Å². The van der Waals surface area contributed by atoms with E-state index in [9.17, 15) is 0 Å². The summed E-state index contributed by atoms with van der Waals surface area (Å²) in [5.41, 5.74) is 7.75. The van der Waals surface area contributed by atoms with Gasteiger partial charge >= 0.3 is 0 Å². The predicted octanol–water partition coefficient (Wildman–Crippen LogP) is 2.93. The SMILES string of the molecule is CN(C)CCNc1nc(SCc2ccccc2)nc2nc(N)sc12. The molecule has 0 atom stereocenters. The molecule has 126 valence electrons. The number of hydrogen-bond donors (Lipinski definition) is 2. The van der Waals surface area contributed by atoms with E-state index in [0.29, 0.717) is 15.9 Å². The first-order valence-electron chi connectivity index (χ1n) is 7.61. The second-order valence-electron chi connectivity index (χ2n) is 5.56. The number of aromatic nitrogens is 3. The maximum absolute atomic E-state index is 5.85. The maximum atomic E-state index is 5.85. The van der Waals surface area contributed by atoms with Crippen molar-refractivity contribution in [2.75, 3.05) is 38.2 Å². The molecule has 1 aromatic carbocycles. The van der Waals surface area contributed by atoms with Crippen molar-refractivity contribution in [2.45, 2.75) is 10.9 Å². The molecule has 3 rings (SSSR count). The van der Waals surface area contributed by atoms with E-state index in [2.05, 4.69) is 37.3 Å². The third-order valence-electron chi connectivity index (χ3n) is 3.31. The molecule has 0 saturated carbocycles. The average molecular weight is 361 g/mol. The van der Waals surface area contributed by atoms with E-state index in [1.165, 1.54) is 16.9 Å². The summed E-state index contributed by atoms with van der Waals surface area (Å²) in [5, 5.41) is 4.61.